The number of carbonyl (C=O) groups is 1. The van der Waals surface area contributed by atoms with Gasteiger partial charge in [-0.15, -0.1) is 0 Å². The van der Waals surface area contributed by atoms with Crippen LogP contribution in [0.1, 0.15) is 25.5 Å². The summed E-state index contributed by atoms with van der Waals surface area (Å²) in [7, 11) is 0. The van der Waals surface area contributed by atoms with Crippen LogP contribution in [0.5, 0.6) is 0 Å². The first-order valence-electron chi connectivity index (χ1n) is 6.70. The molecule has 0 aliphatic carbocycles. The zero-order chi connectivity index (χ0) is 16.3. The predicted octanol–water partition coefficient (Wildman–Crippen LogP) is 4.19. The molecule has 0 radical (unpaired) electrons. The Kier molecular flexibility index (Phi) is 5.78. The number of esters is 1. The molecule has 0 saturated carbocycles. The Morgan fingerprint density at radius 2 is 2.18 bits per heavy atom. The summed E-state index contributed by atoms with van der Waals surface area (Å²) in [6.45, 7) is 3.88. The third-order valence-corrected chi connectivity index (χ3v) is 4.61. The molecule has 1 heterocycles. The number of ether oxygens (including phenoxy) is 1. The standard InChI is InChI=1S/C15H16Cl2N2O2S/c1-4-21-14(20)11-8(2)18-15(22-3)19-13(11)9-6-5-7-10(16)12(9)17/h5-7,13H,4H2,1-3H3,(H,18,19)/t13-/m1/s1. The number of benzene rings is 1. The van der Waals surface area contributed by atoms with Gasteiger partial charge >= 0.3 is 5.97 Å². The van der Waals surface area contributed by atoms with Crippen molar-refractivity contribution in [3.8, 4) is 0 Å². The van der Waals surface area contributed by atoms with Crippen LogP contribution >= 0.6 is 35.0 Å². The molecule has 1 aliphatic rings. The molecule has 0 bridgehead atoms. The first kappa shape index (κ1) is 17.2. The predicted molar refractivity (Wildman–Crippen MR) is 92.6 cm³/mol. The summed E-state index contributed by atoms with van der Waals surface area (Å²) >= 11 is 13.9. The number of allylic oxidation sites excluding steroid dienone is 1. The maximum absolute atomic E-state index is 12.3. The molecule has 1 N–H and O–H groups in total. The average molecular weight is 359 g/mol. The van der Waals surface area contributed by atoms with Gasteiger partial charge in [0, 0.05) is 11.3 Å². The molecule has 1 atom stereocenters. The van der Waals surface area contributed by atoms with Crippen molar-refractivity contribution in [1.82, 2.24) is 5.32 Å². The van der Waals surface area contributed by atoms with E-state index in [-0.39, 0.29) is 0 Å². The second kappa shape index (κ2) is 7.40. The lowest BCUT2D eigenvalue weighted by atomic mass is 9.96. The van der Waals surface area contributed by atoms with Gasteiger partial charge in [-0.05, 0) is 26.2 Å². The van der Waals surface area contributed by atoms with E-state index < -0.39 is 12.0 Å². The molecule has 1 aromatic rings. The topological polar surface area (TPSA) is 50.7 Å². The molecule has 1 aromatic carbocycles. The Balaban J connectivity index is 2.55. The summed E-state index contributed by atoms with van der Waals surface area (Å²) in [5.41, 5.74) is 1.84. The van der Waals surface area contributed by atoms with Crippen molar-refractivity contribution >= 4 is 46.1 Å². The molecule has 0 aromatic heterocycles. The van der Waals surface area contributed by atoms with Gasteiger partial charge < -0.3 is 10.1 Å². The van der Waals surface area contributed by atoms with E-state index in [9.17, 15) is 4.79 Å². The molecular formula is C15H16Cl2N2O2S. The van der Waals surface area contributed by atoms with Crippen LogP contribution in [0.15, 0.2) is 34.5 Å². The molecular weight excluding hydrogens is 343 g/mol. The highest BCUT2D eigenvalue weighted by Gasteiger charge is 2.31. The van der Waals surface area contributed by atoms with Crippen LogP contribution in [0.25, 0.3) is 0 Å². The van der Waals surface area contributed by atoms with Crippen LogP contribution < -0.4 is 5.32 Å². The zero-order valence-electron chi connectivity index (χ0n) is 12.4. The van der Waals surface area contributed by atoms with E-state index in [0.717, 1.165) is 0 Å². The van der Waals surface area contributed by atoms with Crippen molar-refractivity contribution < 1.29 is 9.53 Å². The van der Waals surface area contributed by atoms with Crippen molar-refractivity contribution in [3.05, 3.63) is 45.1 Å². The Morgan fingerprint density at radius 3 is 2.82 bits per heavy atom. The van der Waals surface area contributed by atoms with E-state index in [4.69, 9.17) is 27.9 Å². The third kappa shape index (κ3) is 3.42. The quantitative estimate of drug-likeness (QED) is 0.822. The summed E-state index contributed by atoms with van der Waals surface area (Å²) in [5, 5.41) is 4.65. The maximum Gasteiger partial charge on any atom is 0.338 e. The number of amidine groups is 1. The van der Waals surface area contributed by atoms with Crippen molar-refractivity contribution in [2.24, 2.45) is 4.99 Å². The first-order valence-corrected chi connectivity index (χ1v) is 8.68. The van der Waals surface area contributed by atoms with Crippen LogP contribution in [-0.2, 0) is 9.53 Å². The summed E-state index contributed by atoms with van der Waals surface area (Å²) in [4.78, 5) is 16.9. The highest BCUT2D eigenvalue weighted by molar-refractivity contribution is 8.13. The Bertz CT molecular complexity index is 659. The number of nitrogens with one attached hydrogen (secondary N) is 1. The van der Waals surface area contributed by atoms with Gasteiger partial charge in [0.05, 0.1) is 22.2 Å². The zero-order valence-corrected chi connectivity index (χ0v) is 14.8. The molecule has 0 amide bonds. The summed E-state index contributed by atoms with van der Waals surface area (Å²) in [6.07, 6.45) is 1.91. The van der Waals surface area contributed by atoms with Gasteiger partial charge in [0.15, 0.2) is 5.17 Å². The first-order chi connectivity index (χ1) is 10.5. The molecule has 1 aliphatic heterocycles. The van der Waals surface area contributed by atoms with E-state index in [1.54, 1.807) is 19.1 Å². The van der Waals surface area contributed by atoms with E-state index in [0.29, 0.717) is 38.7 Å². The molecule has 22 heavy (non-hydrogen) atoms. The van der Waals surface area contributed by atoms with Gasteiger partial charge in [-0.3, -0.25) is 0 Å². The minimum atomic E-state index is -0.533. The number of aliphatic imine (C=N–C) groups is 1. The van der Waals surface area contributed by atoms with Gasteiger partial charge in [-0.1, -0.05) is 47.1 Å². The molecule has 2 rings (SSSR count). The smallest absolute Gasteiger partial charge is 0.338 e. The maximum atomic E-state index is 12.3. The van der Waals surface area contributed by atoms with Gasteiger partial charge in [0.2, 0.25) is 0 Å². The molecule has 118 valence electrons. The normalized spacial score (nSPS) is 17.9. The number of halogens is 2. The van der Waals surface area contributed by atoms with Crippen molar-refractivity contribution in [3.63, 3.8) is 0 Å². The van der Waals surface area contributed by atoms with Crippen LogP contribution in [-0.4, -0.2) is 24.0 Å². The van der Waals surface area contributed by atoms with Crippen LogP contribution in [0, 0.1) is 0 Å². The molecule has 0 unspecified atom stereocenters. The second-order valence-corrected chi connectivity index (χ2v) is 6.15. The second-order valence-electron chi connectivity index (χ2n) is 4.57. The lowest BCUT2D eigenvalue weighted by Gasteiger charge is -2.26. The Morgan fingerprint density at radius 1 is 1.45 bits per heavy atom. The highest BCUT2D eigenvalue weighted by Crippen LogP contribution is 2.38. The van der Waals surface area contributed by atoms with Gasteiger partial charge in [-0.25, -0.2) is 9.79 Å². The summed E-state index contributed by atoms with van der Waals surface area (Å²) in [6, 6.07) is 4.78. The van der Waals surface area contributed by atoms with Crippen LogP contribution in [0.2, 0.25) is 10.0 Å². The van der Waals surface area contributed by atoms with Crippen LogP contribution in [0.3, 0.4) is 0 Å². The van der Waals surface area contributed by atoms with Crippen LogP contribution in [0.4, 0.5) is 0 Å². The van der Waals surface area contributed by atoms with Gasteiger partial charge in [-0.2, -0.15) is 0 Å². The summed E-state index contributed by atoms with van der Waals surface area (Å²) < 4.78 is 5.15. The fraction of sp³-hybridized carbons (Fsp3) is 0.333. The number of hydrogen-bond acceptors (Lipinski definition) is 5. The Hall–Kier alpha value is -1.17. The average Bonchev–Trinajstić information content (AvgIpc) is 2.49. The van der Waals surface area contributed by atoms with Gasteiger partial charge in [0.1, 0.15) is 6.04 Å². The number of hydrogen-bond donors (Lipinski definition) is 1. The molecule has 4 nitrogen and oxygen atoms in total. The lowest BCUT2D eigenvalue weighted by Crippen LogP contribution is -2.30. The number of thioether (sulfide) groups is 1. The molecule has 0 spiro atoms. The number of rotatable bonds is 3. The summed E-state index contributed by atoms with van der Waals surface area (Å²) in [5.74, 6) is -0.405. The fourth-order valence-electron chi connectivity index (χ4n) is 2.18. The van der Waals surface area contributed by atoms with Crippen molar-refractivity contribution in [2.45, 2.75) is 19.9 Å². The Labute approximate surface area is 143 Å². The van der Waals surface area contributed by atoms with Crippen molar-refractivity contribution in [2.75, 3.05) is 12.9 Å². The van der Waals surface area contributed by atoms with E-state index in [1.807, 2.05) is 19.2 Å². The minimum absolute atomic E-state index is 0.296. The molecule has 7 heteroatoms. The van der Waals surface area contributed by atoms with E-state index in [2.05, 4.69) is 10.3 Å². The third-order valence-electron chi connectivity index (χ3n) is 3.18. The molecule has 0 fully saturated rings. The monoisotopic (exact) mass is 358 g/mol. The van der Waals surface area contributed by atoms with E-state index in [1.165, 1.54) is 11.8 Å². The molecule has 0 saturated heterocycles. The fourth-order valence-corrected chi connectivity index (χ4v) is 3.06. The number of carbonyl (C=O) groups excluding carboxylic acids is 1. The highest BCUT2D eigenvalue weighted by atomic mass is 35.5. The van der Waals surface area contributed by atoms with E-state index >= 15 is 0 Å². The lowest BCUT2D eigenvalue weighted by molar-refractivity contribution is -0.138. The SMILES string of the molecule is CCOC(=O)C1=C(C)NC(SC)=N[C@@H]1c1cccc(Cl)c1Cl. The van der Waals surface area contributed by atoms with Gasteiger partial charge in [0.25, 0.3) is 0 Å². The minimum Gasteiger partial charge on any atom is -0.463 e. The largest absolute Gasteiger partial charge is 0.463 e. The van der Waals surface area contributed by atoms with Crippen molar-refractivity contribution in [1.29, 1.82) is 0 Å². The number of nitrogens with zero attached hydrogens (tertiary/aromatic N) is 1.